The van der Waals surface area contributed by atoms with Crippen LogP contribution < -0.4 is 0 Å². The SMILES string of the molecule is CCOC(=O)C1=C(c2ccc(Cl)cc2)C(=O)N(C(C)(C)C)C1=O. The Kier molecular flexibility index (Phi) is 4.61. The first-order chi connectivity index (χ1) is 10.7. The molecule has 0 N–H and O–H groups in total. The molecule has 1 aliphatic rings. The van der Waals surface area contributed by atoms with Gasteiger partial charge in [-0.25, -0.2) is 4.79 Å². The molecule has 5 nitrogen and oxygen atoms in total. The third kappa shape index (κ3) is 3.15. The van der Waals surface area contributed by atoms with Gasteiger partial charge in [-0.05, 0) is 45.4 Å². The molecule has 0 atom stereocenters. The van der Waals surface area contributed by atoms with Gasteiger partial charge in [0.2, 0.25) is 0 Å². The second-order valence-corrected chi connectivity index (χ2v) is 6.53. The van der Waals surface area contributed by atoms with Crippen LogP contribution >= 0.6 is 11.6 Å². The summed E-state index contributed by atoms with van der Waals surface area (Å²) in [5.74, 6) is -1.93. The molecular weight excluding hydrogens is 318 g/mol. The van der Waals surface area contributed by atoms with Crippen molar-refractivity contribution >= 4 is 35.0 Å². The van der Waals surface area contributed by atoms with Crippen LogP contribution in [0.25, 0.3) is 5.57 Å². The van der Waals surface area contributed by atoms with Crippen LogP contribution in [0.3, 0.4) is 0 Å². The predicted octanol–water partition coefficient (Wildman–Crippen LogP) is 2.82. The maximum absolute atomic E-state index is 12.8. The minimum Gasteiger partial charge on any atom is -0.462 e. The van der Waals surface area contributed by atoms with E-state index in [9.17, 15) is 14.4 Å². The third-order valence-electron chi connectivity index (χ3n) is 3.37. The van der Waals surface area contributed by atoms with E-state index in [4.69, 9.17) is 16.3 Å². The first-order valence-corrected chi connectivity index (χ1v) is 7.62. The summed E-state index contributed by atoms with van der Waals surface area (Å²) in [6.07, 6.45) is 0. The zero-order valence-electron chi connectivity index (χ0n) is 13.5. The average molecular weight is 336 g/mol. The number of imide groups is 1. The molecule has 0 fully saturated rings. The van der Waals surface area contributed by atoms with E-state index >= 15 is 0 Å². The normalized spacial score (nSPS) is 15.4. The summed E-state index contributed by atoms with van der Waals surface area (Å²) < 4.78 is 4.96. The van der Waals surface area contributed by atoms with Crippen LogP contribution in [0.5, 0.6) is 0 Å². The fourth-order valence-electron chi connectivity index (χ4n) is 2.42. The highest BCUT2D eigenvalue weighted by Crippen LogP contribution is 2.34. The lowest BCUT2D eigenvalue weighted by Crippen LogP contribution is -2.46. The van der Waals surface area contributed by atoms with Gasteiger partial charge in [0.25, 0.3) is 11.8 Å². The van der Waals surface area contributed by atoms with Gasteiger partial charge in [0, 0.05) is 10.6 Å². The fourth-order valence-corrected chi connectivity index (χ4v) is 2.54. The molecule has 2 rings (SSSR count). The monoisotopic (exact) mass is 335 g/mol. The second kappa shape index (κ2) is 6.16. The van der Waals surface area contributed by atoms with Crippen LogP contribution in [0.4, 0.5) is 0 Å². The summed E-state index contributed by atoms with van der Waals surface area (Å²) in [5, 5.41) is 0.497. The highest BCUT2D eigenvalue weighted by molar-refractivity contribution is 6.43. The Bertz CT molecular complexity index is 698. The minimum absolute atomic E-state index is 0.0556. The summed E-state index contributed by atoms with van der Waals surface area (Å²) in [4.78, 5) is 38.7. The average Bonchev–Trinajstić information content (AvgIpc) is 2.71. The van der Waals surface area contributed by atoms with Gasteiger partial charge in [0.1, 0.15) is 5.57 Å². The molecule has 0 unspecified atom stereocenters. The molecule has 0 saturated carbocycles. The van der Waals surface area contributed by atoms with Crippen LogP contribution in [0.2, 0.25) is 5.02 Å². The highest BCUT2D eigenvalue weighted by Gasteiger charge is 2.47. The molecule has 23 heavy (non-hydrogen) atoms. The standard InChI is InChI=1S/C17H18ClNO4/c1-5-23-16(22)13-12(10-6-8-11(18)9-7-10)14(20)19(15(13)21)17(2,3)4/h6-9H,5H2,1-4H3. The number of amides is 2. The number of esters is 1. The van der Waals surface area contributed by atoms with E-state index in [1.54, 1.807) is 52.0 Å². The Morgan fingerprint density at radius 3 is 2.17 bits per heavy atom. The van der Waals surface area contributed by atoms with E-state index in [0.29, 0.717) is 10.6 Å². The number of carbonyl (C=O) groups is 3. The van der Waals surface area contributed by atoms with Crippen LogP contribution in [-0.2, 0) is 19.1 Å². The van der Waals surface area contributed by atoms with Crippen LogP contribution in [0.15, 0.2) is 29.8 Å². The topological polar surface area (TPSA) is 63.7 Å². The van der Waals surface area contributed by atoms with E-state index in [1.165, 1.54) is 0 Å². The van der Waals surface area contributed by atoms with E-state index in [-0.39, 0.29) is 17.8 Å². The van der Waals surface area contributed by atoms with Crippen LogP contribution in [0.1, 0.15) is 33.3 Å². The quantitative estimate of drug-likeness (QED) is 0.484. The number of hydrogen-bond donors (Lipinski definition) is 0. The van der Waals surface area contributed by atoms with Crippen molar-refractivity contribution in [3.8, 4) is 0 Å². The lowest BCUT2D eigenvalue weighted by Gasteiger charge is -2.30. The maximum Gasteiger partial charge on any atom is 0.344 e. The Hall–Kier alpha value is -2.14. The first-order valence-electron chi connectivity index (χ1n) is 7.24. The van der Waals surface area contributed by atoms with Crippen LogP contribution in [0, 0.1) is 0 Å². The first kappa shape index (κ1) is 17.2. The van der Waals surface area contributed by atoms with Gasteiger partial charge in [-0.1, -0.05) is 23.7 Å². The summed E-state index contributed by atoms with van der Waals surface area (Å²) in [7, 11) is 0. The number of halogens is 1. The highest BCUT2D eigenvalue weighted by atomic mass is 35.5. The van der Waals surface area contributed by atoms with Crippen molar-refractivity contribution in [2.75, 3.05) is 6.61 Å². The summed E-state index contributed by atoms with van der Waals surface area (Å²) in [5.41, 5.74) is -0.461. The number of ether oxygens (including phenoxy) is 1. The third-order valence-corrected chi connectivity index (χ3v) is 3.62. The van der Waals surface area contributed by atoms with Gasteiger partial charge in [-0.3, -0.25) is 14.5 Å². The van der Waals surface area contributed by atoms with Gasteiger partial charge in [-0.15, -0.1) is 0 Å². The molecule has 1 aromatic rings. The molecule has 0 aliphatic carbocycles. The zero-order chi connectivity index (χ0) is 17.4. The van der Waals surface area contributed by atoms with Gasteiger partial charge in [-0.2, -0.15) is 0 Å². The summed E-state index contributed by atoms with van der Waals surface area (Å²) >= 11 is 5.86. The van der Waals surface area contributed by atoms with Gasteiger partial charge < -0.3 is 4.74 Å². The number of rotatable bonds is 3. The van der Waals surface area contributed by atoms with Crippen molar-refractivity contribution in [2.45, 2.75) is 33.2 Å². The van der Waals surface area contributed by atoms with E-state index in [2.05, 4.69) is 0 Å². The lowest BCUT2D eigenvalue weighted by molar-refractivity contribution is -0.145. The molecule has 1 heterocycles. The van der Waals surface area contributed by atoms with Crippen LogP contribution in [-0.4, -0.2) is 34.8 Å². The lowest BCUT2D eigenvalue weighted by atomic mass is 10.0. The molecule has 122 valence electrons. The number of nitrogens with zero attached hydrogens (tertiary/aromatic N) is 1. The Labute approximate surface area is 139 Å². The van der Waals surface area contributed by atoms with Crippen molar-refractivity contribution in [3.63, 3.8) is 0 Å². The summed E-state index contributed by atoms with van der Waals surface area (Å²) in [6, 6.07) is 6.41. The van der Waals surface area contributed by atoms with Gasteiger partial charge in [0.05, 0.1) is 12.2 Å². The van der Waals surface area contributed by atoms with Crippen molar-refractivity contribution in [3.05, 3.63) is 40.4 Å². The molecule has 0 spiro atoms. The van der Waals surface area contributed by atoms with Crippen molar-refractivity contribution < 1.29 is 19.1 Å². The Morgan fingerprint density at radius 1 is 1.13 bits per heavy atom. The van der Waals surface area contributed by atoms with Gasteiger partial charge in [0.15, 0.2) is 0 Å². The number of benzene rings is 1. The maximum atomic E-state index is 12.8. The Balaban J connectivity index is 2.63. The number of hydrogen-bond acceptors (Lipinski definition) is 4. The Morgan fingerprint density at radius 2 is 1.70 bits per heavy atom. The molecule has 0 radical (unpaired) electrons. The molecular formula is C17H18ClNO4. The zero-order valence-corrected chi connectivity index (χ0v) is 14.2. The molecule has 1 aromatic carbocycles. The van der Waals surface area contributed by atoms with E-state index in [0.717, 1.165) is 4.90 Å². The minimum atomic E-state index is -0.789. The number of carbonyl (C=O) groups excluding carboxylic acids is 3. The predicted molar refractivity (Wildman–Crippen MR) is 86.6 cm³/mol. The molecule has 0 bridgehead atoms. The van der Waals surface area contributed by atoms with Crippen molar-refractivity contribution in [2.24, 2.45) is 0 Å². The second-order valence-electron chi connectivity index (χ2n) is 6.09. The van der Waals surface area contributed by atoms with Crippen molar-refractivity contribution in [1.82, 2.24) is 4.90 Å². The summed E-state index contributed by atoms with van der Waals surface area (Å²) in [6.45, 7) is 6.96. The van der Waals surface area contributed by atoms with E-state index < -0.39 is 23.3 Å². The van der Waals surface area contributed by atoms with Crippen molar-refractivity contribution in [1.29, 1.82) is 0 Å². The molecule has 0 saturated heterocycles. The van der Waals surface area contributed by atoms with Gasteiger partial charge >= 0.3 is 5.97 Å². The molecule has 6 heteroatoms. The smallest absolute Gasteiger partial charge is 0.344 e. The fraction of sp³-hybridized carbons (Fsp3) is 0.353. The molecule has 1 aliphatic heterocycles. The largest absolute Gasteiger partial charge is 0.462 e. The van der Waals surface area contributed by atoms with E-state index in [1.807, 2.05) is 0 Å². The molecule has 2 amide bonds. The molecule has 0 aromatic heterocycles.